The maximum Gasteiger partial charge on any atom is 0.0632 e. The van der Waals surface area contributed by atoms with Gasteiger partial charge in [0.2, 0.25) is 0 Å². The molecule has 0 spiro atoms. The molecule has 0 radical (unpaired) electrons. The van der Waals surface area contributed by atoms with Gasteiger partial charge in [0.25, 0.3) is 0 Å². The van der Waals surface area contributed by atoms with E-state index in [1.165, 1.54) is 51.4 Å². The van der Waals surface area contributed by atoms with Crippen LogP contribution in [0.2, 0.25) is 0 Å². The maximum absolute atomic E-state index is 6.35. The fraction of sp³-hybridized carbons (Fsp3) is 1.00. The van der Waals surface area contributed by atoms with E-state index in [2.05, 4.69) is 0 Å². The SMILES string of the molecule is COC1CCCC2OC3CCCCC3CC12. The third kappa shape index (κ3) is 1.91. The van der Waals surface area contributed by atoms with Gasteiger partial charge in [0, 0.05) is 13.0 Å². The van der Waals surface area contributed by atoms with Crippen LogP contribution in [0.25, 0.3) is 0 Å². The summed E-state index contributed by atoms with van der Waals surface area (Å²) in [5.74, 6) is 1.53. The van der Waals surface area contributed by atoms with Crippen molar-refractivity contribution in [2.45, 2.75) is 69.7 Å². The molecule has 5 unspecified atom stereocenters. The van der Waals surface area contributed by atoms with Crippen LogP contribution < -0.4 is 0 Å². The Hall–Kier alpha value is -0.0800. The topological polar surface area (TPSA) is 18.5 Å². The Morgan fingerprint density at radius 1 is 0.938 bits per heavy atom. The Morgan fingerprint density at radius 2 is 1.75 bits per heavy atom. The summed E-state index contributed by atoms with van der Waals surface area (Å²) in [6, 6.07) is 0. The van der Waals surface area contributed by atoms with E-state index >= 15 is 0 Å². The molecule has 0 N–H and O–H groups in total. The van der Waals surface area contributed by atoms with Gasteiger partial charge in [-0.25, -0.2) is 0 Å². The van der Waals surface area contributed by atoms with Gasteiger partial charge in [-0.2, -0.15) is 0 Å². The van der Waals surface area contributed by atoms with E-state index in [4.69, 9.17) is 9.47 Å². The van der Waals surface area contributed by atoms with E-state index in [0.717, 1.165) is 5.92 Å². The summed E-state index contributed by atoms with van der Waals surface area (Å²) in [6.45, 7) is 0. The lowest BCUT2D eigenvalue weighted by Gasteiger charge is -2.48. The van der Waals surface area contributed by atoms with Gasteiger partial charge in [-0.1, -0.05) is 12.8 Å². The lowest BCUT2D eigenvalue weighted by atomic mass is 9.71. The second kappa shape index (κ2) is 4.66. The Morgan fingerprint density at radius 3 is 2.62 bits per heavy atom. The molecule has 0 amide bonds. The molecule has 0 aromatic carbocycles. The highest BCUT2D eigenvalue weighted by Gasteiger charge is 2.43. The first kappa shape index (κ1) is 11.0. The van der Waals surface area contributed by atoms with Gasteiger partial charge >= 0.3 is 0 Å². The Balaban J connectivity index is 1.71. The van der Waals surface area contributed by atoms with Crippen LogP contribution in [0.15, 0.2) is 0 Å². The standard InChI is InChI=1S/C14H24O2/c1-15-13-7-4-8-14-11(13)9-10-5-2-3-6-12(10)16-14/h10-14H,2-9H2,1H3. The first-order valence-electron chi connectivity index (χ1n) is 7.06. The van der Waals surface area contributed by atoms with Crippen LogP contribution >= 0.6 is 0 Å². The highest BCUT2D eigenvalue weighted by atomic mass is 16.5. The summed E-state index contributed by atoms with van der Waals surface area (Å²) < 4.78 is 12.0. The van der Waals surface area contributed by atoms with E-state index in [-0.39, 0.29) is 0 Å². The van der Waals surface area contributed by atoms with Crippen LogP contribution in [0.3, 0.4) is 0 Å². The summed E-state index contributed by atoms with van der Waals surface area (Å²) in [6.07, 6.45) is 12.3. The number of hydrogen-bond donors (Lipinski definition) is 0. The van der Waals surface area contributed by atoms with Crippen LogP contribution in [-0.4, -0.2) is 25.4 Å². The molecular weight excluding hydrogens is 200 g/mol. The summed E-state index contributed by atoms with van der Waals surface area (Å²) in [4.78, 5) is 0. The largest absolute Gasteiger partial charge is 0.381 e. The van der Waals surface area contributed by atoms with Crippen molar-refractivity contribution in [3.63, 3.8) is 0 Å². The molecule has 1 saturated heterocycles. The minimum atomic E-state index is 0.474. The second-order valence-corrected chi connectivity index (χ2v) is 5.86. The molecule has 3 aliphatic rings. The quantitative estimate of drug-likeness (QED) is 0.681. The normalized spacial score (nSPS) is 48.2. The molecule has 92 valence electrons. The van der Waals surface area contributed by atoms with E-state index in [9.17, 15) is 0 Å². The molecule has 0 bridgehead atoms. The second-order valence-electron chi connectivity index (χ2n) is 5.86. The molecule has 1 heterocycles. The number of methoxy groups -OCH3 is 1. The van der Waals surface area contributed by atoms with Crippen LogP contribution in [0.4, 0.5) is 0 Å². The molecule has 0 aromatic heterocycles. The number of ether oxygens (including phenoxy) is 2. The predicted octanol–water partition coefficient (Wildman–Crippen LogP) is 3.15. The summed E-state index contributed by atoms with van der Waals surface area (Å²) in [5, 5.41) is 0. The lowest BCUT2D eigenvalue weighted by Crippen LogP contribution is -2.49. The van der Waals surface area contributed by atoms with Crippen molar-refractivity contribution in [1.82, 2.24) is 0 Å². The molecule has 2 heteroatoms. The Labute approximate surface area is 98.7 Å². The maximum atomic E-state index is 6.35. The highest BCUT2D eigenvalue weighted by molar-refractivity contribution is 4.93. The fourth-order valence-electron chi connectivity index (χ4n) is 4.15. The lowest BCUT2D eigenvalue weighted by molar-refractivity contribution is -0.172. The van der Waals surface area contributed by atoms with E-state index < -0.39 is 0 Å². The molecular formula is C14H24O2. The molecule has 1 aliphatic heterocycles. The van der Waals surface area contributed by atoms with Crippen LogP contribution in [0.5, 0.6) is 0 Å². The number of fused-ring (bicyclic) bond motifs is 2. The van der Waals surface area contributed by atoms with Crippen molar-refractivity contribution in [2.75, 3.05) is 7.11 Å². The smallest absolute Gasteiger partial charge is 0.0632 e. The van der Waals surface area contributed by atoms with Gasteiger partial charge in [-0.15, -0.1) is 0 Å². The van der Waals surface area contributed by atoms with Crippen molar-refractivity contribution >= 4 is 0 Å². The van der Waals surface area contributed by atoms with Crippen molar-refractivity contribution in [2.24, 2.45) is 11.8 Å². The molecule has 2 saturated carbocycles. The van der Waals surface area contributed by atoms with E-state index in [0.29, 0.717) is 24.2 Å². The van der Waals surface area contributed by atoms with Crippen molar-refractivity contribution in [1.29, 1.82) is 0 Å². The molecule has 16 heavy (non-hydrogen) atoms. The van der Waals surface area contributed by atoms with Gasteiger partial charge < -0.3 is 9.47 Å². The number of rotatable bonds is 1. The minimum Gasteiger partial charge on any atom is -0.381 e. The fourth-order valence-corrected chi connectivity index (χ4v) is 4.15. The molecule has 3 rings (SSSR count). The molecule has 2 nitrogen and oxygen atoms in total. The first-order chi connectivity index (χ1) is 7.88. The van der Waals surface area contributed by atoms with Crippen LogP contribution in [-0.2, 0) is 9.47 Å². The van der Waals surface area contributed by atoms with Crippen LogP contribution in [0.1, 0.15) is 51.4 Å². The van der Waals surface area contributed by atoms with Crippen molar-refractivity contribution < 1.29 is 9.47 Å². The molecule has 2 aliphatic carbocycles. The predicted molar refractivity (Wildman–Crippen MR) is 63.4 cm³/mol. The summed E-state index contributed by atoms with van der Waals surface area (Å²) in [7, 11) is 1.88. The zero-order valence-electron chi connectivity index (χ0n) is 10.4. The zero-order valence-corrected chi connectivity index (χ0v) is 10.4. The van der Waals surface area contributed by atoms with E-state index in [1.54, 1.807) is 0 Å². The zero-order chi connectivity index (χ0) is 11.0. The van der Waals surface area contributed by atoms with Crippen molar-refractivity contribution in [3.05, 3.63) is 0 Å². The third-order valence-corrected chi connectivity index (χ3v) is 5.00. The number of hydrogen-bond acceptors (Lipinski definition) is 2. The first-order valence-corrected chi connectivity index (χ1v) is 7.06. The van der Waals surface area contributed by atoms with Gasteiger partial charge in [0.1, 0.15) is 0 Å². The minimum absolute atomic E-state index is 0.474. The van der Waals surface area contributed by atoms with Gasteiger partial charge in [0.15, 0.2) is 0 Å². The highest BCUT2D eigenvalue weighted by Crippen LogP contribution is 2.44. The summed E-state index contributed by atoms with van der Waals surface area (Å²) >= 11 is 0. The average Bonchev–Trinajstić information content (AvgIpc) is 2.35. The van der Waals surface area contributed by atoms with Gasteiger partial charge in [-0.3, -0.25) is 0 Å². The van der Waals surface area contributed by atoms with Gasteiger partial charge in [-0.05, 0) is 44.4 Å². The van der Waals surface area contributed by atoms with Crippen molar-refractivity contribution in [3.8, 4) is 0 Å². The Kier molecular flexibility index (Phi) is 3.21. The monoisotopic (exact) mass is 224 g/mol. The third-order valence-electron chi connectivity index (χ3n) is 5.00. The Bertz CT molecular complexity index is 241. The molecule has 0 aromatic rings. The van der Waals surface area contributed by atoms with Crippen LogP contribution in [0, 0.1) is 11.8 Å². The molecule has 5 atom stereocenters. The van der Waals surface area contributed by atoms with E-state index in [1.807, 2.05) is 7.11 Å². The van der Waals surface area contributed by atoms with Gasteiger partial charge in [0.05, 0.1) is 18.3 Å². The average molecular weight is 224 g/mol. The summed E-state index contributed by atoms with van der Waals surface area (Å²) in [5.41, 5.74) is 0. The molecule has 3 fully saturated rings.